The average Bonchev–Trinajstić information content (AvgIpc) is 3.28. The fourth-order valence-electron chi connectivity index (χ4n) is 3.37. The predicted molar refractivity (Wildman–Crippen MR) is 120 cm³/mol. The van der Waals surface area contributed by atoms with E-state index in [4.69, 9.17) is 9.15 Å². The number of ether oxygens (including phenoxy) is 1. The van der Waals surface area contributed by atoms with Gasteiger partial charge < -0.3 is 24.3 Å². The van der Waals surface area contributed by atoms with Gasteiger partial charge in [-0.25, -0.2) is 4.39 Å². The van der Waals surface area contributed by atoms with Gasteiger partial charge in [0.25, 0.3) is 5.91 Å². The van der Waals surface area contributed by atoms with Crippen LogP contribution < -0.4 is 10.2 Å². The average molecular weight is 439 g/mol. The van der Waals surface area contributed by atoms with Crippen molar-refractivity contribution in [3.63, 3.8) is 0 Å². The molecule has 1 heterocycles. The number of halogens is 1. The molecule has 0 saturated carbocycles. The first-order valence-corrected chi connectivity index (χ1v) is 10.0. The van der Waals surface area contributed by atoms with Crippen LogP contribution in [-0.2, 0) is 22.6 Å². The van der Waals surface area contributed by atoms with Crippen LogP contribution in [0, 0.1) is 5.82 Å². The van der Waals surface area contributed by atoms with Crippen molar-refractivity contribution < 1.29 is 23.1 Å². The van der Waals surface area contributed by atoms with Crippen LogP contribution in [0.2, 0.25) is 0 Å². The van der Waals surface area contributed by atoms with E-state index in [0.29, 0.717) is 11.3 Å². The molecule has 0 bridgehead atoms. The highest BCUT2D eigenvalue weighted by atomic mass is 19.1. The normalized spacial score (nSPS) is 10.6. The molecule has 0 aliphatic heterocycles. The maximum absolute atomic E-state index is 13.7. The first kappa shape index (κ1) is 23.0. The molecule has 32 heavy (non-hydrogen) atoms. The number of nitrogens with zero attached hydrogens (tertiary/aromatic N) is 2. The molecule has 0 aliphatic rings. The Bertz CT molecular complexity index is 1070. The van der Waals surface area contributed by atoms with Gasteiger partial charge in [0.05, 0.1) is 6.26 Å². The third kappa shape index (κ3) is 5.95. The molecule has 0 unspecified atom stereocenters. The van der Waals surface area contributed by atoms with E-state index in [0.717, 1.165) is 11.3 Å². The minimum absolute atomic E-state index is 0.0621. The summed E-state index contributed by atoms with van der Waals surface area (Å²) in [4.78, 5) is 28.6. The Kier molecular flexibility index (Phi) is 7.62. The Hall–Kier alpha value is -3.65. The topological polar surface area (TPSA) is 75.0 Å². The lowest BCUT2D eigenvalue weighted by molar-refractivity contribution is -0.119. The van der Waals surface area contributed by atoms with E-state index in [1.54, 1.807) is 35.2 Å². The van der Waals surface area contributed by atoms with Gasteiger partial charge in [-0.15, -0.1) is 0 Å². The second-order valence-corrected chi connectivity index (χ2v) is 7.49. The molecule has 2 aromatic carbocycles. The van der Waals surface area contributed by atoms with Gasteiger partial charge in [0.2, 0.25) is 5.91 Å². The fourth-order valence-corrected chi connectivity index (χ4v) is 3.37. The number of methoxy groups -OCH3 is 1. The standard InChI is InChI=1S/C24H26FN3O4/c1-27(2)21-10-9-20(26-23(29)16-31-3)13-18(21)15-28(24(30)22-8-5-11-32-22)14-17-6-4-7-19(25)12-17/h4-13H,14-16H2,1-3H3,(H,26,29). The lowest BCUT2D eigenvalue weighted by atomic mass is 10.1. The predicted octanol–water partition coefficient (Wildman–Crippen LogP) is 3.91. The van der Waals surface area contributed by atoms with Crippen LogP contribution in [0.4, 0.5) is 15.8 Å². The molecule has 7 nitrogen and oxygen atoms in total. The fraction of sp³-hybridized carbons (Fsp3) is 0.250. The largest absolute Gasteiger partial charge is 0.459 e. The van der Waals surface area contributed by atoms with Crippen molar-refractivity contribution >= 4 is 23.2 Å². The lowest BCUT2D eigenvalue weighted by Crippen LogP contribution is -2.30. The molecule has 0 atom stereocenters. The van der Waals surface area contributed by atoms with E-state index in [1.165, 1.54) is 25.5 Å². The summed E-state index contributed by atoms with van der Waals surface area (Å²) in [6.07, 6.45) is 1.44. The molecular weight excluding hydrogens is 413 g/mol. The third-order valence-electron chi connectivity index (χ3n) is 4.76. The van der Waals surface area contributed by atoms with Crippen LogP contribution >= 0.6 is 0 Å². The van der Waals surface area contributed by atoms with Crippen molar-refractivity contribution in [2.24, 2.45) is 0 Å². The van der Waals surface area contributed by atoms with E-state index >= 15 is 0 Å². The van der Waals surface area contributed by atoms with Crippen LogP contribution in [0.3, 0.4) is 0 Å². The van der Waals surface area contributed by atoms with Crippen molar-refractivity contribution in [1.29, 1.82) is 0 Å². The van der Waals surface area contributed by atoms with Crippen LogP contribution in [0.1, 0.15) is 21.7 Å². The number of carbonyl (C=O) groups excluding carboxylic acids is 2. The first-order chi connectivity index (χ1) is 15.4. The Morgan fingerprint density at radius 2 is 1.88 bits per heavy atom. The molecule has 3 aromatic rings. The number of amides is 2. The third-order valence-corrected chi connectivity index (χ3v) is 4.76. The lowest BCUT2D eigenvalue weighted by Gasteiger charge is -2.26. The number of anilines is 2. The Balaban J connectivity index is 1.94. The van der Waals surface area contributed by atoms with Crippen LogP contribution in [0.25, 0.3) is 0 Å². The molecular formula is C24H26FN3O4. The van der Waals surface area contributed by atoms with Gasteiger partial charge in [0.1, 0.15) is 12.4 Å². The number of furan rings is 1. The molecule has 0 spiro atoms. The van der Waals surface area contributed by atoms with Gasteiger partial charge in [0, 0.05) is 45.7 Å². The number of nitrogens with one attached hydrogen (secondary N) is 1. The van der Waals surface area contributed by atoms with E-state index in [-0.39, 0.29) is 43.1 Å². The quantitative estimate of drug-likeness (QED) is 0.547. The van der Waals surface area contributed by atoms with Gasteiger partial charge >= 0.3 is 0 Å². The van der Waals surface area contributed by atoms with Crippen LogP contribution in [0.15, 0.2) is 65.3 Å². The minimum Gasteiger partial charge on any atom is -0.459 e. The van der Waals surface area contributed by atoms with Gasteiger partial charge in [-0.2, -0.15) is 0 Å². The SMILES string of the molecule is COCC(=O)Nc1ccc(N(C)C)c(CN(Cc2cccc(F)c2)C(=O)c2ccco2)c1. The monoisotopic (exact) mass is 439 g/mol. The summed E-state index contributed by atoms with van der Waals surface area (Å²) < 4.78 is 23.9. The van der Waals surface area contributed by atoms with E-state index in [1.807, 2.05) is 31.1 Å². The number of hydrogen-bond donors (Lipinski definition) is 1. The molecule has 0 saturated heterocycles. The molecule has 168 valence electrons. The summed E-state index contributed by atoms with van der Waals surface area (Å²) in [6.45, 7) is 0.343. The zero-order valence-corrected chi connectivity index (χ0v) is 18.3. The number of carbonyl (C=O) groups is 2. The Morgan fingerprint density at radius 1 is 1.06 bits per heavy atom. The van der Waals surface area contributed by atoms with E-state index < -0.39 is 0 Å². The summed E-state index contributed by atoms with van der Waals surface area (Å²) in [5.74, 6) is -0.779. The van der Waals surface area contributed by atoms with Crippen molar-refractivity contribution in [2.75, 3.05) is 38.0 Å². The smallest absolute Gasteiger partial charge is 0.290 e. The maximum atomic E-state index is 13.7. The number of hydrogen-bond acceptors (Lipinski definition) is 5. The van der Waals surface area contributed by atoms with Crippen molar-refractivity contribution in [2.45, 2.75) is 13.1 Å². The van der Waals surface area contributed by atoms with E-state index in [9.17, 15) is 14.0 Å². The molecule has 0 aliphatic carbocycles. The van der Waals surface area contributed by atoms with Crippen molar-refractivity contribution in [3.8, 4) is 0 Å². The second kappa shape index (κ2) is 10.6. The maximum Gasteiger partial charge on any atom is 0.290 e. The number of benzene rings is 2. The zero-order chi connectivity index (χ0) is 23.1. The van der Waals surface area contributed by atoms with Gasteiger partial charge in [0.15, 0.2) is 5.76 Å². The molecule has 1 N–H and O–H groups in total. The molecule has 0 fully saturated rings. The summed E-state index contributed by atoms with van der Waals surface area (Å²) in [5, 5.41) is 2.78. The first-order valence-electron chi connectivity index (χ1n) is 10.0. The van der Waals surface area contributed by atoms with Crippen molar-refractivity contribution in [1.82, 2.24) is 4.90 Å². The summed E-state index contributed by atoms with van der Waals surface area (Å²) in [7, 11) is 5.24. The minimum atomic E-state index is -0.371. The van der Waals surface area contributed by atoms with Crippen LogP contribution in [0.5, 0.6) is 0 Å². The molecule has 8 heteroatoms. The highest BCUT2D eigenvalue weighted by Crippen LogP contribution is 2.26. The van der Waals surface area contributed by atoms with Crippen molar-refractivity contribution in [3.05, 3.63) is 83.6 Å². The van der Waals surface area contributed by atoms with Gasteiger partial charge in [-0.1, -0.05) is 12.1 Å². The zero-order valence-electron chi connectivity index (χ0n) is 18.3. The summed E-state index contributed by atoms with van der Waals surface area (Å²) >= 11 is 0. The van der Waals surface area contributed by atoms with Crippen LogP contribution in [-0.4, -0.2) is 44.5 Å². The summed E-state index contributed by atoms with van der Waals surface area (Å²) in [6, 6.07) is 14.8. The van der Waals surface area contributed by atoms with E-state index in [2.05, 4.69) is 5.32 Å². The van der Waals surface area contributed by atoms with Gasteiger partial charge in [-0.3, -0.25) is 9.59 Å². The molecule has 1 aromatic heterocycles. The summed E-state index contributed by atoms with van der Waals surface area (Å²) in [5.41, 5.74) is 2.93. The molecule has 0 radical (unpaired) electrons. The highest BCUT2D eigenvalue weighted by molar-refractivity contribution is 5.93. The number of rotatable bonds is 9. The van der Waals surface area contributed by atoms with Gasteiger partial charge in [-0.05, 0) is 53.6 Å². The highest BCUT2D eigenvalue weighted by Gasteiger charge is 2.21. The molecule has 3 rings (SSSR count). The Labute approximate surface area is 186 Å². The molecule has 2 amide bonds. The second-order valence-electron chi connectivity index (χ2n) is 7.49. The Morgan fingerprint density at radius 3 is 2.53 bits per heavy atom.